The summed E-state index contributed by atoms with van der Waals surface area (Å²) in [6.45, 7) is 6.25. The first-order valence-electron chi connectivity index (χ1n) is 9.32. The maximum Gasteiger partial charge on any atom is 0.198 e. The van der Waals surface area contributed by atoms with Gasteiger partial charge < -0.3 is 14.2 Å². The molecule has 0 unspecified atom stereocenters. The lowest BCUT2D eigenvalue weighted by molar-refractivity contribution is 0.315. The standard InChI is InChI=1S/C20H26N4O/c1-5-15-12(2)16(10-21)17-19(25-20(22-17)13-6-7-13)18(15)24-9-8-14(11-24)23(3)4/h13-14H,5-9,11H2,1-4H3/t14-/m0/s1. The zero-order valence-corrected chi connectivity index (χ0v) is 15.6. The summed E-state index contributed by atoms with van der Waals surface area (Å²) in [6.07, 6.45) is 4.35. The predicted molar refractivity (Wildman–Crippen MR) is 99.1 cm³/mol. The lowest BCUT2D eigenvalue weighted by Gasteiger charge is -2.25. The van der Waals surface area contributed by atoms with Crippen molar-refractivity contribution in [2.24, 2.45) is 0 Å². The molecule has 1 aromatic carbocycles. The van der Waals surface area contributed by atoms with Crippen molar-refractivity contribution < 1.29 is 4.42 Å². The fraction of sp³-hybridized carbons (Fsp3) is 0.600. The summed E-state index contributed by atoms with van der Waals surface area (Å²) in [7, 11) is 4.29. The molecule has 5 heteroatoms. The topological polar surface area (TPSA) is 56.3 Å². The molecule has 0 radical (unpaired) electrons. The van der Waals surface area contributed by atoms with Crippen molar-refractivity contribution in [2.45, 2.75) is 51.5 Å². The lowest BCUT2D eigenvalue weighted by atomic mass is 9.96. The Bertz CT molecular complexity index is 857. The molecule has 2 heterocycles. The number of nitrogens with zero attached hydrogens (tertiary/aromatic N) is 4. The second kappa shape index (κ2) is 6.03. The Labute approximate surface area is 149 Å². The van der Waals surface area contributed by atoms with Gasteiger partial charge in [0.05, 0.1) is 11.3 Å². The Morgan fingerprint density at radius 3 is 2.64 bits per heavy atom. The molecule has 0 spiro atoms. The van der Waals surface area contributed by atoms with Crippen LogP contribution in [0.4, 0.5) is 5.69 Å². The molecule has 0 bridgehead atoms. The maximum absolute atomic E-state index is 9.72. The van der Waals surface area contributed by atoms with Crippen molar-refractivity contribution in [1.29, 1.82) is 5.26 Å². The van der Waals surface area contributed by atoms with Crippen molar-refractivity contribution >= 4 is 16.8 Å². The van der Waals surface area contributed by atoms with Gasteiger partial charge in [-0.3, -0.25) is 0 Å². The van der Waals surface area contributed by atoms with Crippen molar-refractivity contribution in [3.05, 3.63) is 22.6 Å². The van der Waals surface area contributed by atoms with Crippen LogP contribution in [0.25, 0.3) is 11.1 Å². The molecule has 2 aromatic rings. The molecule has 1 aromatic heterocycles. The average molecular weight is 338 g/mol. The Hall–Kier alpha value is -2.06. The van der Waals surface area contributed by atoms with E-state index in [1.165, 1.54) is 11.3 Å². The third kappa shape index (κ3) is 2.60. The highest BCUT2D eigenvalue weighted by Crippen LogP contribution is 2.44. The minimum atomic E-state index is 0.449. The van der Waals surface area contributed by atoms with E-state index in [4.69, 9.17) is 9.40 Å². The lowest BCUT2D eigenvalue weighted by Crippen LogP contribution is -2.32. The number of likely N-dealkylation sites (N-methyl/N-ethyl adjacent to an activating group) is 1. The first kappa shape index (κ1) is 16.4. The highest BCUT2D eigenvalue weighted by molar-refractivity contribution is 5.95. The van der Waals surface area contributed by atoms with E-state index >= 15 is 0 Å². The molecule has 1 atom stereocenters. The summed E-state index contributed by atoms with van der Waals surface area (Å²) < 4.78 is 6.25. The molecule has 2 aliphatic rings. The Morgan fingerprint density at radius 1 is 1.32 bits per heavy atom. The number of anilines is 1. The summed E-state index contributed by atoms with van der Waals surface area (Å²) in [6, 6.07) is 2.94. The van der Waals surface area contributed by atoms with Gasteiger partial charge in [-0.1, -0.05) is 6.92 Å². The molecule has 0 N–H and O–H groups in total. The van der Waals surface area contributed by atoms with Crippen LogP contribution < -0.4 is 4.90 Å². The first-order valence-corrected chi connectivity index (χ1v) is 9.32. The molecule has 2 fully saturated rings. The third-order valence-electron chi connectivity index (χ3n) is 5.81. The largest absolute Gasteiger partial charge is 0.438 e. The van der Waals surface area contributed by atoms with Crippen LogP contribution in [0, 0.1) is 18.3 Å². The van der Waals surface area contributed by atoms with Gasteiger partial charge >= 0.3 is 0 Å². The fourth-order valence-electron chi connectivity index (χ4n) is 4.08. The highest BCUT2D eigenvalue weighted by atomic mass is 16.4. The van der Waals surface area contributed by atoms with Gasteiger partial charge in [0.2, 0.25) is 0 Å². The van der Waals surface area contributed by atoms with Crippen LogP contribution in [-0.4, -0.2) is 43.1 Å². The molecule has 132 valence electrons. The van der Waals surface area contributed by atoms with Crippen LogP contribution in [0.3, 0.4) is 0 Å². The Kier molecular flexibility index (Phi) is 3.96. The smallest absolute Gasteiger partial charge is 0.198 e. The van der Waals surface area contributed by atoms with E-state index in [9.17, 15) is 5.26 Å². The van der Waals surface area contributed by atoms with E-state index in [0.29, 0.717) is 17.5 Å². The van der Waals surface area contributed by atoms with E-state index in [1.54, 1.807) is 0 Å². The van der Waals surface area contributed by atoms with Gasteiger partial charge in [-0.15, -0.1) is 0 Å². The quantitative estimate of drug-likeness (QED) is 0.853. The monoisotopic (exact) mass is 338 g/mol. The number of oxazole rings is 1. The second-order valence-corrected chi connectivity index (χ2v) is 7.65. The Balaban J connectivity index is 1.91. The van der Waals surface area contributed by atoms with E-state index in [-0.39, 0.29) is 0 Å². The third-order valence-corrected chi connectivity index (χ3v) is 5.81. The number of hydrogen-bond donors (Lipinski definition) is 0. The normalized spacial score (nSPS) is 20.6. The average Bonchev–Trinajstić information content (AvgIpc) is 3.16. The number of benzene rings is 1. The van der Waals surface area contributed by atoms with Crippen molar-refractivity contribution in [1.82, 2.24) is 9.88 Å². The molecule has 1 saturated carbocycles. The van der Waals surface area contributed by atoms with Crippen LogP contribution in [0.15, 0.2) is 4.42 Å². The minimum absolute atomic E-state index is 0.449. The number of rotatable bonds is 4. The number of aromatic nitrogens is 1. The molecule has 1 aliphatic heterocycles. The van der Waals surface area contributed by atoms with E-state index in [1.807, 2.05) is 0 Å². The van der Waals surface area contributed by atoms with Crippen LogP contribution in [-0.2, 0) is 6.42 Å². The van der Waals surface area contributed by atoms with E-state index < -0.39 is 0 Å². The summed E-state index contributed by atoms with van der Waals surface area (Å²) in [5.41, 5.74) is 5.77. The first-order chi connectivity index (χ1) is 12.0. The van der Waals surface area contributed by atoms with Crippen LogP contribution in [0.2, 0.25) is 0 Å². The molecule has 1 aliphatic carbocycles. The summed E-state index contributed by atoms with van der Waals surface area (Å²) in [4.78, 5) is 9.49. The Morgan fingerprint density at radius 2 is 2.08 bits per heavy atom. The summed E-state index contributed by atoms with van der Waals surface area (Å²) >= 11 is 0. The summed E-state index contributed by atoms with van der Waals surface area (Å²) in [5, 5.41) is 9.72. The van der Waals surface area contributed by atoms with Gasteiger partial charge in [0, 0.05) is 25.0 Å². The van der Waals surface area contributed by atoms with Gasteiger partial charge in [0.25, 0.3) is 0 Å². The molecule has 4 rings (SSSR count). The zero-order valence-electron chi connectivity index (χ0n) is 15.6. The SMILES string of the molecule is CCc1c(C)c(C#N)c2nc(C3CC3)oc2c1N1CC[C@H](N(C)C)C1. The molecule has 25 heavy (non-hydrogen) atoms. The van der Waals surface area contributed by atoms with Crippen LogP contribution in [0.5, 0.6) is 0 Å². The number of fused-ring (bicyclic) bond motifs is 1. The number of nitriles is 1. The van der Waals surface area contributed by atoms with Gasteiger partial charge in [-0.2, -0.15) is 5.26 Å². The van der Waals surface area contributed by atoms with Gasteiger partial charge in [-0.25, -0.2) is 4.98 Å². The van der Waals surface area contributed by atoms with Crippen LogP contribution >= 0.6 is 0 Å². The van der Waals surface area contributed by atoms with Crippen molar-refractivity contribution in [3.63, 3.8) is 0 Å². The zero-order chi connectivity index (χ0) is 17.7. The highest BCUT2D eigenvalue weighted by Gasteiger charge is 2.34. The molecule has 0 amide bonds. The van der Waals surface area contributed by atoms with Gasteiger partial charge in [0.15, 0.2) is 11.5 Å². The van der Waals surface area contributed by atoms with Gasteiger partial charge in [-0.05, 0) is 57.8 Å². The molecular weight excluding hydrogens is 312 g/mol. The maximum atomic E-state index is 9.72. The summed E-state index contributed by atoms with van der Waals surface area (Å²) in [5.74, 6) is 1.27. The van der Waals surface area contributed by atoms with Crippen molar-refractivity contribution in [2.75, 3.05) is 32.1 Å². The van der Waals surface area contributed by atoms with E-state index in [0.717, 1.165) is 61.3 Å². The van der Waals surface area contributed by atoms with Gasteiger partial charge in [0.1, 0.15) is 11.6 Å². The van der Waals surface area contributed by atoms with Crippen LogP contribution in [0.1, 0.15) is 54.7 Å². The number of hydrogen-bond acceptors (Lipinski definition) is 5. The fourth-order valence-corrected chi connectivity index (χ4v) is 4.08. The second-order valence-electron chi connectivity index (χ2n) is 7.65. The molecule has 5 nitrogen and oxygen atoms in total. The predicted octanol–water partition coefficient (Wildman–Crippen LogP) is 3.59. The molecular formula is C20H26N4O. The van der Waals surface area contributed by atoms with E-state index in [2.05, 4.69) is 43.8 Å². The molecule has 1 saturated heterocycles. The van der Waals surface area contributed by atoms with Crippen molar-refractivity contribution in [3.8, 4) is 6.07 Å². The minimum Gasteiger partial charge on any atom is -0.438 e.